The Bertz CT molecular complexity index is 676. The smallest absolute Gasteiger partial charge is 0.267 e. The average Bonchev–Trinajstić information content (AvgIpc) is 2.80. The molecule has 1 aliphatic rings. The van der Waals surface area contributed by atoms with Gasteiger partial charge in [-0.1, -0.05) is 34.3 Å². The van der Waals surface area contributed by atoms with Crippen LogP contribution in [-0.4, -0.2) is 39.2 Å². The normalized spacial score (nSPS) is 19.0. The molecular formula is C15H16ClN3OS2. The van der Waals surface area contributed by atoms with Gasteiger partial charge in [-0.15, -0.1) is 5.10 Å². The highest BCUT2D eigenvalue weighted by atomic mass is 35.5. The maximum absolute atomic E-state index is 12.6. The number of carbonyl (C=O) groups is 1. The molecule has 1 amide bonds. The fourth-order valence-corrected chi connectivity index (χ4v) is 4.75. The van der Waals surface area contributed by atoms with Gasteiger partial charge in [-0.2, -0.15) is 11.8 Å². The van der Waals surface area contributed by atoms with Crippen LogP contribution in [0.1, 0.15) is 32.6 Å². The van der Waals surface area contributed by atoms with Crippen LogP contribution in [-0.2, 0) is 0 Å². The minimum Gasteiger partial charge on any atom is -0.337 e. The molecule has 2 heterocycles. The molecule has 0 aliphatic carbocycles. The summed E-state index contributed by atoms with van der Waals surface area (Å²) in [5.41, 5.74) is 1.88. The molecule has 1 unspecified atom stereocenters. The Morgan fingerprint density at radius 3 is 2.91 bits per heavy atom. The molecule has 22 heavy (non-hydrogen) atoms. The molecule has 3 rings (SSSR count). The van der Waals surface area contributed by atoms with Crippen molar-refractivity contribution in [2.75, 3.05) is 18.8 Å². The van der Waals surface area contributed by atoms with Crippen molar-refractivity contribution in [3.05, 3.63) is 45.4 Å². The summed E-state index contributed by atoms with van der Waals surface area (Å²) in [5, 5.41) is 5.08. The Labute approximate surface area is 143 Å². The number of rotatable bonds is 2. The van der Waals surface area contributed by atoms with Crippen LogP contribution in [0.15, 0.2) is 24.3 Å². The van der Waals surface area contributed by atoms with Crippen molar-refractivity contribution in [1.29, 1.82) is 0 Å². The summed E-state index contributed by atoms with van der Waals surface area (Å²) < 4.78 is 3.86. The summed E-state index contributed by atoms with van der Waals surface area (Å²) in [7, 11) is 0. The highest BCUT2D eigenvalue weighted by molar-refractivity contribution is 7.99. The maximum Gasteiger partial charge on any atom is 0.267 e. The van der Waals surface area contributed by atoms with Crippen molar-refractivity contribution < 1.29 is 4.79 Å². The van der Waals surface area contributed by atoms with Crippen molar-refractivity contribution in [3.8, 4) is 0 Å². The van der Waals surface area contributed by atoms with Gasteiger partial charge in [0.25, 0.3) is 5.91 Å². The molecule has 1 fully saturated rings. The second-order valence-electron chi connectivity index (χ2n) is 5.15. The summed E-state index contributed by atoms with van der Waals surface area (Å²) >= 11 is 9.35. The average molecular weight is 354 g/mol. The fourth-order valence-electron chi connectivity index (χ4n) is 2.53. The molecule has 4 nitrogen and oxygen atoms in total. The lowest BCUT2D eigenvalue weighted by Gasteiger charge is -2.19. The predicted octanol–water partition coefficient (Wildman–Crippen LogP) is 3.82. The molecule has 0 saturated carbocycles. The van der Waals surface area contributed by atoms with Crippen LogP contribution in [0.2, 0.25) is 5.02 Å². The first-order chi connectivity index (χ1) is 10.7. The fraction of sp³-hybridized carbons (Fsp3) is 0.400. The van der Waals surface area contributed by atoms with Gasteiger partial charge < -0.3 is 4.90 Å². The van der Waals surface area contributed by atoms with E-state index >= 15 is 0 Å². The highest BCUT2D eigenvalue weighted by Gasteiger charge is 2.25. The van der Waals surface area contributed by atoms with E-state index in [0.29, 0.717) is 10.1 Å². The zero-order valence-electron chi connectivity index (χ0n) is 12.2. The molecular weight excluding hydrogens is 338 g/mol. The van der Waals surface area contributed by atoms with E-state index in [1.165, 1.54) is 17.1 Å². The number of aryl methyl sites for hydroxylation is 1. The number of nitrogens with zero attached hydrogens (tertiary/aromatic N) is 3. The van der Waals surface area contributed by atoms with E-state index in [1.54, 1.807) is 0 Å². The lowest BCUT2D eigenvalue weighted by atomic mass is 10.1. The summed E-state index contributed by atoms with van der Waals surface area (Å²) in [6.45, 7) is 3.32. The minimum atomic E-state index is 0.0490. The second kappa shape index (κ2) is 6.98. The molecule has 2 aromatic rings. The summed E-state index contributed by atoms with van der Waals surface area (Å²) in [5.74, 6) is 0.959. The van der Waals surface area contributed by atoms with Gasteiger partial charge in [0, 0.05) is 29.1 Å². The van der Waals surface area contributed by atoms with Gasteiger partial charge in [-0.25, -0.2) is 0 Å². The first-order valence-electron chi connectivity index (χ1n) is 7.11. The summed E-state index contributed by atoms with van der Waals surface area (Å²) in [4.78, 5) is 15.1. The summed E-state index contributed by atoms with van der Waals surface area (Å²) in [6.07, 6.45) is 0.908. The highest BCUT2D eigenvalue weighted by Crippen LogP contribution is 2.38. The molecule has 116 valence electrons. The van der Waals surface area contributed by atoms with Crippen molar-refractivity contribution >= 4 is 40.8 Å². The van der Waals surface area contributed by atoms with E-state index in [4.69, 9.17) is 11.6 Å². The third kappa shape index (κ3) is 3.29. The maximum atomic E-state index is 12.6. The predicted molar refractivity (Wildman–Crippen MR) is 91.8 cm³/mol. The first kappa shape index (κ1) is 15.8. The molecule has 1 atom stereocenters. The van der Waals surface area contributed by atoms with Gasteiger partial charge in [-0.05, 0) is 36.5 Å². The monoisotopic (exact) mass is 353 g/mol. The molecule has 0 N–H and O–H groups in total. The number of carbonyl (C=O) groups excluding carboxylic acids is 1. The molecule has 1 aromatic carbocycles. The molecule has 7 heteroatoms. The van der Waals surface area contributed by atoms with E-state index in [2.05, 4.69) is 15.7 Å². The van der Waals surface area contributed by atoms with Gasteiger partial charge in [0.05, 0.1) is 5.69 Å². The molecule has 0 radical (unpaired) electrons. The minimum absolute atomic E-state index is 0.0490. The van der Waals surface area contributed by atoms with Crippen molar-refractivity contribution in [3.63, 3.8) is 0 Å². The first-order valence-corrected chi connectivity index (χ1v) is 9.31. The van der Waals surface area contributed by atoms with Crippen LogP contribution in [0.5, 0.6) is 0 Å². The van der Waals surface area contributed by atoms with E-state index in [1.807, 2.05) is 41.8 Å². The third-order valence-electron chi connectivity index (χ3n) is 3.73. The molecule has 1 saturated heterocycles. The molecule has 1 aromatic heterocycles. The van der Waals surface area contributed by atoms with Gasteiger partial charge in [0.2, 0.25) is 0 Å². The molecule has 0 spiro atoms. The van der Waals surface area contributed by atoms with E-state index in [0.717, 1.165) is 36.0 Å². The molecule has 1 aliphatic heterocycles. The molecule has 0 bridgehead atoms. The van der Waals surface area contributed by atoms with E-state index in [-0.39, 0.29) is 5.91 Å². The Kier molecular flexibility index (Phi) is 5.00. The SMILES string of the molecule is Cc1nnsc1C(=O)N1CCSC(c2ccccc2Cl)CC1. The van der Waals surface area contributed by atoms with Crippen molar-refractivity contribution in [2.24, 2.45) is 0 Å². The van der Waals surface area contributed by atoms with Gasteiger partial charge in [0.1, 0.15) is 4.88 Å². The van der Waals surface area contributed by atoms with E-state index < -0.39 is 0 Å². The zero-order valence-corrected chi connectivity index (χ0v) is 14.5. The number of halogens is 1. The Morgan fingerprint density at radius 1 is 1.36 bits per heavy atom. The number of benzene rings is 1. The Balaban J connectivity index is 1.72. The number of hydrogen-bond donors (Lipinski definition) is 0. The van der Waals surface area contributed by atoms with E-state index in [9.17, 15) is 4.79 Å². The van der Waals surface area contributed by atoms with Gasteiger partial charge in [-0.3, -0.25) is 4.79 Å². The largest absolute Gasteiger partial charge is 0.337 e. The number of amides is 1. The Hall–Kier alpha value is -1.11. The number of aromatic nitrogens is 2. The standard InChI is InChI=1S/C15H16ClN3OS2/c1-10-14(22-18-17-10)15(20)19-7-6-13(21-9-8-19)11-4-2-3-5-12(11)16/h2-5,13H,6-9H2,1H3. The quantitative estimate of drug-likeness (QED) is 0.823. The number of thioether (sulfide) groups is 1. The van der Waals surface area contributed by atoms with Crippen molar-refractivity contribution in [2.45, 2.75) is 18.6 Å². The Morgan fingerprint density at radius 2 is 2.18 bits per heavy atom. The van der Waals surface area contributed by atoms with Crippen LogP contribution >= 0.6 is 34.9 Å². The van der Waals surface area contributed by atoms with Gasteiger partial charge in [0.15, 0.2) is 0 Å². The van der Waals surface area contributed by atoms with Gasteiger partial charge >= 0.3 is 0 Å². The lowest BCUT2D eigenvalue weighted by Crippen LogP contribution is -2.32. The van der Waals surface area contributed by atoms with Crippen LogP contribution < -0.4 is 0 Å². The van der Waals surface area contributed by atoms with Crippen LogP contribution in [0.4, 0.5) is 0 Å². The van der Waals surface area contributed by atoms with Crippen LogP contribution in [0.3, 0.4) is 0 Å². The van der Waals surface area contributed by atoms with Crippen LogP contribution in [0.25, 0.3) is 0 Å². The zero-order chi connectivity index (χ0) is 15.5. The van der Waals surface area contributed by atoms with Crippen LogP contribution in [0, 0.1) is 6.92 Å². The topological polar surface area (TPSA) is 46.1 Å². The van der Waals surface area contributed by atoms with Crippen molar-refractivity contribution in [1.82, 2.24) is 14.5 Å². The third-order valence-corrected chi connectivity index (χ3v) is 6.20. The number of hydrogen-bond acceptors (Lipinski definition) is 5. The second-order valence-corrected chi connectivity index (χ2v) is 7.62. The lowest BCUT2D eigenvalue weighted by molar-refractivity contribution is 0.0770. The summed E-state index contributed by atoms with van der Waals surface area (Å²) in [6, 6.07) is 7.97.